The van der Waals surface area contributed by atoms with Gasteiger partial charge in [0.2, 0.25) is 11.6 Å². The Labute approximate surface area is 184 Å². The molecule has 1 aliphatic carbocycles. The average Bonchev–Trinajstić information content (AvgIpc) is 3.40. The van der Waals surface area contributed by atoms with Gasteiger partial charge in [-0.3, -0.25) is 14.6 Å². The van der Waals surface area contributed by atoms with Crippen molar-refractivity contribution in [1.29, 1.82) is 0 Å². The van der Waals surface area contributed by atoms with Crippen molar-refractivity contribution in [2.75, 3.05) is 26.8 Å². The number of pyridine rings is 1. The van der Waals surface area contributed by atoms with Crippen molar-refractivity contribution >= 4 is 17.7 Å². The lowest BCUT2D eigenvalue weighted by molar-refractivity contribution is -0.137. The van der Waals surface area contributed by atoms with Gasteiger partial charge < -0.3 is 30.7 Å². The van der Waals surface area contributed by atoms with Gasteiger partial charge in [0.15, 0.2) is 5.72 Å². The molecule has 0 spiro atoms. The SMILES string of the molecule is CO[C@@]12[C@H](COC(N)=O)C3=C(C(=O)C(C)=C(NCCc4ccccn4)C3=O)N1C[C@@H]1N[C@@H]12. The predicted molar refractivity (Wildman–Crippen MR) is 112 cm³/mol. The number of methoxy groups -OCH3 is 1. The first kappa shape index (κ1) is 20.7. The van der Waals surface area contributed by atoms with Crippen LogP contribution < -0.4 is 16.4 Å². The van der Waals surface area contributed by atoms with Crippen molar-refractivity contribution in [3.8, 4) is 0 Å². The second-order valence-electron chi connectivity index (χ2n) is 8.42. The molecule has 10 heteroatoms. The Bertz CT molecular complexity index is 1070. The second-order valence-corrected chi connectivity index (χ2v) is 8.42. The van der Waals surface area contributed by atoms with E-state index in [0.29, 0.717) is 36.4 Å². The number of hydrogen-bond acceptors (Lipinski definition) is 9. The van der Waals surface area contributed by atoms with Crippen molar-refractivity contribution < 1.29 is 23.9 Å². The Morgan fingerprint density at radius 1 is 1.38 bits per heavy atom. The third kappa shape index (κ3) is 2.86. The summed E-state index contributed by atoms with van der Waals surface area (Å²) in [5.74, 6) is -1.14. The van der Waals surface area contributed by atoms with Crippen LogP contribution >= 0.6 is 0 Å². The molecule has 2 fully saturated rings. The van der Waals surface area contributed by atoms with Crippen LogP contribution in [0.25, 0.3) is 0 Å². The number of amides is 1. The fraction of sp³-hybridized carbons (Fsp3) is 0.455. The number of carbonyl (C=O) groups excluding carboxylic acids is 3. The van der Waals surface area contributed by atoms with E-state index in [1.165, 1.54) is 0 Å². The maximum absolute atomic E-state index is 13.6. The zero-order chi connectivity index (χ0) is 22.6. The zero-order valence-electron chi connectivity index (χ0n) is 17.9. The zero-order valence-corrected chi connectivity index (χ0v) is 17.9. The van der Waals surface area contributed by atoms with Crippen LogP contribution in [0.1, 0.15) is 12.6 Å². The van der Waals surface area contributed by atoms with Crippen molar-refractivity contribution in [2.45, 2.75) is 31.2 Å². The van der Waals surface area contributed by atoms with Crippen molar-refractivity contribution in [1.82, 2.24) is 20.5 Å². The van der Waals surface area contributed by atoms with Gasteiger partial charge in [0.1, 0.15) is 6.61 Å². The number of ketones is 2. The Hall–Kier alpha value is -3.24. The molecule has 0 radical (unpaired) electrons. The lowest BCUT2D eigenvalue weighted by Gasteiger charge is -2.39. The molecule has 0 unspecified atom stereocenters. The van der Waals surface area contributed by atoms with Crippen LogP contribution in [0.15, 0.2) is 46.9 Å². The normalized spacial score (nSPS) is 30.3. The maximum atomic E-state index is 13.6. The van der Waals surface area contributed by atoms with Gasteiger partial charge in [-0.2, -0.15) is 0 Å². The van der Waals surface area contributed by atoms with E-state index in [-0.39, 0.29) is 36.0 Å². The monoisotopic (exact) mass is 439 g/mol. The van der Waals surface area contributed by atoms with Crippen molar-refractivity contribution in [2.24, 2.45) is 11.7 Å². The summed E-state index contributed by atoms with van der Waals surface area (Å²) in [5.41, 5.74) is 6.41. The summed E-state index contributed by atoms with van der Waals surface area (Å²) in [6.07, 6.45) is 1.37. The summed E-state index contributed by atoms with van der Waals surface area (Å²) in [7, 11) is 1.55. The van der Waals surface area contributed by atoms with E-state index in [1.54, 1.807) is 20.2 Å². The highest BCUT2D eigenvalue weighted by molar-refractivity contribution is 6.25. The van der Waals surface area contributed by atoms with Crippen LogP contribution in [-0.4, -0.2) is 72.2 Å². The number of rotatable bonds is 7. The molecule has 4 N–H and O–H groups in total. The van der Waals surface area contributed by atoms with Crippen molar-refractivity contribution in [3.63, 3.8) is 0 Å². The van der Waals surface area contributed by atoms with E-state index in [2.05, 4.69) is 15.6 Å². The Morgan fingerprint density at radius 2 is 2.19 bits per heavy atom. The molecule has 1 aromatic rings. The molecule has 4 aliphatic rings. The lowest BCUT2D eigenvalue weighted by Crippen LogP contribution is -2.55. The average molecular weight is 439 g/mol. The van der Waals surface area contributed by atoms with Crippen LogP contribution in [0.3, 0.4) is 0 Å². The minimum absolute atomic E-state index is 0.0685. The Kier molecular flexibility index (Phi) is 4.79. The number of nitrogens with one attached hydrogen (secondary N) is 2. The number of aromatic nitrogens is 1. The van der Waals surface area contributed by atoms with E-state index < -0.39 is 17.7 Å². The smallest absolute Gasteiger partial charge is 0.404 e. The highest BCUT2D eigenvalue weighted by Crippen LogP contribution is 2.55. The van der Waals surface area contributed by atoms with Gasteiger partial charge >= 0.3 is 6.09 Å². The molecule has 0 bridgehead atoms. The number of carbonyl (C=O) groups is 3. The maximum Gasteiger partial charge on any atom is 0.404 e. The van der Waals surface area contributed by atoms with E-state index in [1.807, 2.05) is 23.1 Å². The van der Waals surface area contributed by atoms with Crippen LogP contribution in [0.5, 0.6) is 0 Å². The largest absolute Gasteiger partial charge is 0.449 e. The minimum atomic E-state index is -0.972. The van der Waals surface area contributed by atoms with E-state index in [9.17, 15) is 14.4 Å². The van der Waals surface area contributed by atoms with Gasteiger partial charge in [0, 0.05) is 55.7 Å². The lowest BCUT2D eigenvalue weighted by atomic mass is 9.82. The third-order valence-corrected chi connectivity index (χ3v) is 6.84. The van der Waals surface area contributed by atoms with Crippen molar-refractivity contribution in [3.05, 3.63) is 52.6 Å². The van der Waals surface area contributed by atoms with Gasteiger partial charge in [0.05, 0.1) is 23.4 Å². The first-order valence-electron chi connectivity index (χ1n) is 10.6. The fourth-order valence-electron chi connectivity index (χ4n) is 5.37. The van der Waals surface area contributed by atoms with Gasteiger partial charge in [-0.05, 0) is 19.1 Å². The number of nitrogens with two attached hydrogens (primary N) is 1. The van der Waals surface area contributed by atoms with Crippen LogP contribution in [0.2, 0.25) is 0 Å². The molecule has 2 saturated heterocycles. The number of piperazine rings is 1. The van der Waals surface area contributed by atoms with Gasteiger partial charge in [-0.1, -0.05) is 6.07 Å². The number of Topliss-reactive ketones (excluding diaryl/α,β-unsaturated/α-hetero) is 2. The molecule has 1 aromatic heterocycles. The van der Waals surface area contributed by atoms with E-state index in [4.69, 9.17) is 15.2 Å². The quantitative estimate of drug-likeness (QED) is 0.382. The minimum Gasteiger partial charge on any atom is -0.449 e. The number of hydrogen-bond donors (Lipinski definition) is 3. The summed E-state index contributed by atoms with van der Waals surface area (Å²) < 4.78 is 11.1. The molecular weight excluding hydrogens is 414 g/mol. The number of allylic oxidation sites excluding steroid dienone is 2. The first-order chi connectivity index (χ1) is 15.4. The third-order valence-electron chi connectivity index (χ3n) is 6.84. The number of fused-ring (bicyclic) bond motifs is 4. The Balaban J connectivity index is 1.45. The molecule has 32 heavy (non-hydrogen) atoms. The molecule has 4 atom stereocenters. The molecule has 0 saturated carbocycles. The highest BCUT2D eigenvalue weighted by Gasteiger charge is 2.72. The standard InChI is InChI=1S/C22H25N5O5/c1-11-16(25-8-6-12-5-3-4-7-24-12)19(29)15-13(10-32-21(23)30)22(31-2)20-14(26-20)9-27(22)17(15)18(11)28/h3-5,7,13-14,20,25-26H,6,8-10H2,1-2H3,(H2,23,30)/t13-,14+,20+,22-/m1/s1. The summed E-state index contributed by atoms with van der Waals surface area (Å²) in [5, 5.41) is 6.48. The van der Waals surface area contributed by atoms with Crippen LogP contribution in [0.4, 0.5) is 4.79 Å². The topological polar surface area (TPSA) is 146 Å². The van der Waals surface area contributed by atoms with Gasteiger partial charge in [-0.15, -0.1) is 0 Å². The van der Waals surface area contributed by atoms with Crippen LogP contribution in [-0.2, 0) is 25.5 Å². The van der Waals surface area contributed by atoms with Gasteiger partial charge in [-0.25, -0.2) is 4.79 Å². The molecular formula is C22H25N5O5. The molecule has 168 valence electrons. The second kappa shape index (κ2) is 7.42. The highest BCUT2D eigenvalue weighted by atomic mass is 16.6. The molecule has 5 rings (SSSR count). The molecule has 3 aliphatic heterocycles. The molecule has 1 amide bonds. The first-order valence-corrected chi connectivity index (χ1v) is 10.6. The van der Waals surface area contributed by atoms with Crippen LogP contribution in [0, 0.1) is 5.92 Å². The van der Waals surface area contributed by atoms with E-state index >= 15 is 0 Å². The summed E-state index contributed by atoms with van der Waals surface area (Å²) in [6, 6.07) is 5.73. The number of nitrogens with zero attached hydrogens (tertiary/aromatic N) is 2. The predicted octanol–water partition coefficient (Wildman–Crippen LogP) is -0.383. The molecule has 4 heterocycles. The number of primary amides is 1. The summed E-state index contributed by atoms with van der Waals surface area (Å²) in [6.45, 7) is 2.49. The fourth-order valence-corrected chi connectivity index (χ4v) is 5.37. The Morgan fingerprint density at radius 3 is 2.88 bits per heavy atom. The summed E-state index contributed by atoms with van der Waals surface area (Å²) in [4.78, 5) is 44.6. The molecule has 10 nitrogen and oxygen atoms in total. The van der Waals surface area contributed by atoms with E-state index in [0.717, 1.165) is 5.69 Å². The van der Waals surface area contributed by atoms with Gasteiger partial charge in [0.25, 0.3) is 0 Å². The number of ether oxygens (including phenoxy) is 2. The summed E-state index contributed by atoms with van der Waals surface area (Å²) >= 11 is 0. The molecule has 0 aromatic carbocycles.